The Morgan fingerprint density at radius 3 is 2.58 bits per heavy atom. The first-order valence-electron chi connectivity index (χ1n) is 9.51. The molecule has 4 aromatic rings. The monoisotopic (exact) mass is 432 g/mol. The fraction of sp³-hybridized carbons (Fsp3) is 0.0870. The molecule has 1 aliphatic rings. The van der Waals surface area contributed by atoms with Crippen molar-refractivity contribution in [3.63, 3.8) is 0 Å². The van der Waals surface area contributed by atoms with E-state index in [4.69, 9.17) is 9.47 Å². The van der Waals surface area contributed by atoms with Crippen molar-refractivity contribution in [3.05, 3.63) is 79.0 Å². The molecule has 0 N–H and O–H groups in total. The Morgan fingerprint density at radius 2 is 1.74 bits per heavy atom. The zero-order chi connectivity index (χ0) is 21.2. The molecule has 0 bridgehead atoms. The van der Waals surface area contributed by atoms with Gasteiger partial charge in [0.25, 0.3) is 0 Å². The molecule has 3 heterocycles. The number of thioether (sulfide) groups is 1. The summed E-state index contributed by atoms with van der Waals surface area (Å²) in [6, 6.07) is 16.2. The topological polar surface area (TPSA) is 60.4 Å². The highest BCUT2D eigenvalue weighted by atomic mass is 32.2. The summed E-state index contributed by atoms with van der Waals surface area (Å²) in [4.78, 5) is 16.1. The number of ether oxygens (including phenoxy) is 2. The van der Waals surface area contributed by atoms with Crippen LogP contribution in [0.1, 0.15) is 0 Å². The van der Waals surface area contributed by atoms with Gasteiger partial charge in [0.15, 0.2) is 0 Å². The summed E-state index contributed by atoms with van der Waals surface area (Å²) >= 11 is 1.61. The molecule has 31 heavy (non-hydrogen) atoms. The van der Waals surface area contributed by atoms with Crippen molar-refractivity contribution < 1.29 is 13.9 Å². The van der Waals surface area contributed by atoms with Gasteiger partial charge in [-0.05, 0) is 54.6 Å². The lowest BCUT2D eigenvalue weighted by Gasteiger charge is -2.19. The molecule has 8 heteroatoms. The maximum absolute atomic E-state index is 13.5. The number of anilines is 2. The van der Waals surface area contributed by atoms with Crippen molar-refractivity contribution in [2.24, 2.45) is 0 Å². The van der Waals surface area contributed by atoms with Gasteiger partial charge in [0.05, 0.1) is 24.2 Å². The molecule has 6 nitrogen and oxygen atoms in total. The predicted octanol–water partition coefficient (Wildman–Crippen LogP) is 5.68. The summed E-state index contributed by atoms with van der Waals surface area (Å²) in [5.74, 6) is 1.94. The van der Waals surface area contributed by atoms with Gasteiger partial charge >= 0.3 is 0 Å². The number of hydrogen-bond acceptors (Lipinski definition) is 7. The van der Waals surface area contributed by atoms with Gasteiger partial charge in [0, 0.05) is 29.2 Å². The maximum atomic E-state index is 13.5. The van der Waals surface area contributed by atoms with E-state index in [0.717, 1.165) is 22.1 Å². The molecule has 0 radical (unpaired) electrons. The second kappa shape index (κ2) is 8.23. The number of benzene rings is 2. The molecular weight excluding hydrogens is 415 g/mol. The van der Waals surface area contributed by atoms with E-state index in [9.17, 15) is 4.39 Å². The fourth-order valence-electron chi connectivity index (χ4n) is 3.37. The average molecular weight is 432 g/mol. The van der Waals surface area contributed by atoms with Crippen LogP contribution < -0.4 is 14.4 Å². The Labute approximate surface area is 182 Å². The predicted molar refractivity (Wildman–Crippen MR) is 118 cm³/mol. The zero-order valence-electron chi connectivity index (χ0n) is 16.5. The lowest BCUT2D eigenvalue weighted by Crippen LogP contribution is -2.11. The molecule has 154 valence electrons. The van der Waals surface area contributed by atoms with E-state index in [0.29, 0.717) is 28.8 Å². The molecule has 0 saturated heterocycles. The number of fused-ring (bicyclic) bond motifs is 1. The molecule has 0 spiro atoms. The van der Waals surface area contributed by atoms with Crippen LogP contribution in [0.3, 0.4) is 0 Å². The Morgan fingerprint density at radius 1 is 0.935 bits per heavy atom. The number of halogens is 1. The molecule has 0 fully saturated rings. The highest BCUT2D eigenvalue weighted by molar-refractivity contribution is 7.99. The SMILES string of the molecule is COc1ncccc1-c1nccnc1Oc1ccc(N2CSc3cc(F)ccc32)cc1. The third-order valence-electron chi connectivity index (χ3n) is 4.81. The molecule has 0 unspecified atom stereocenters. The van der Waals surface area contributed by atoms with Crippen molar-refractivity contribution in [3.8, 4) is 28.8 Å². The Bertz CT molecular complexity index is 1240. The maximum Gasteiger partial charge on any atom is 0.246 e. The van der Waals surface area contributed by atoms with Crippen molar-refractivity contribution in [2.75, 3.05) is 17.9 Å². The summed E-state index contributed by atoms with van der Waals surface area (Å²) in [5, 5.41) is 0. The van der Waals surface area contributed by atoms with Crippen LogP contribution in [0.15, 0.2) is 78.1 Å². The van der Waals surface area contributed by atoms with Crippen molar-refractivity contribution in [1.82, 2.24) is 15.0 Å². The summed E-state index contributed by atoms with van der Waals surface area (Å²) in [5.41, 5.74) is 3.24. The molecule has 1 aliphatic heterocycles. The van der Waals surface area contributed by atoms with Gasteiger partial charge in [-0.1, -0.05) is 0 Å². The Kier molecular flexibility index (Phi) is 5.13. The van der Waals surface area contributed by atoms with Gasteiger partial charge in [-0.3, -0.25) is 0 Å². The third kappa shape index (κ3) is 3.77. The number of nitrogens with zero attached hydrogens (tertiary/aromatic N) is 4. The molecule has 0 aliphatic carbocycles. The highest BCUT2D eigenvalue weighted by Gasteiger charge is 2.22. The first-order chi connectivity index (χ1) is 15.2. The van der Waals surface area contributed by atoms with Crippen molar-refractivity contribution in [2.45, 2.75) is 4.90 Å². The van der Waals surface area contributed by atoms with E-state index in [2.05, 4.69) is 19.9 Å². The van der Waals surface area contributed by atoms with E-state index in [1.54, 1.807) is 43.5 Å². The quantitative estimate of drug-likeness (QED) is 0.402. The lowest BCUT2D eigenvalue weighted by molar-refractivity contribution is 0.398. The molecular formula is C23H17FN4O2S. The molecule has 0 amide bonds. The van der Waals surface area contributed by atoms with E-state index in [-0.39, 0.29) is 5.82 Å². The molecule has 2 aromatic carbocycles. The lowest BCUT2D eigenvalue weighted by atomic mass is 10.2. The van der Waals surface area contributed by atoms with Gasteiger partial charge in [0.2, 0.25) is 11.8 Å². The van der Waals surface area contributed by atoms with Crippen molar-refractivity contribution in [1.29, 1.82) is 0 Å². The Hall–Kier alpha value is -3.65. The molecule has 2 aromatic heterocycles. The Balaban J connectivity index is 1.41. The average Bonchev–Trinajstić information content (AvgIpc) is 3.23. The van der Waals surface area contributed by atoms with Crippen molar-refractivity contribution >= 4 is 23.1 Å². The number of aromatic nitrogens is 3. The first-order valence-corrected chi connectivity index (χ1v) is 10.5. The number of methoxy groups -OCH3 is 1. The van der Waals surface area contributed by atoms with Crippen LogP contribution in [0.25, 0.3) is 11.3 Å². The minimum Gasteiger partial charge on any atom is -0.481 e. The van der Waals surface area contributed by atoms with E-state index in [1.807, 2.05) is 42.5 Å². The summed E-state index contributed by atoms with van der Waals surface area (Å²) in [6.45, 7) is 0. The normalized spacial score (nSPS) is 12.5. The minimum atomic E-state index is -0.220. The van der Waals surface area contributed by atoms with Gasteiger partial charge in [-0.15, -0.1) is 11.8 Å². The van der Waals surface area contributed by atoms with Gasteiger partial charge in [0.1, 0.15) is 17.3 Å². The molecule has 0 atom stereocenters. The fourth-order valence-corrected chi connectivity index (χ4v) is 4.45. The van der Waals surface area contributed by atoms with Crippen LogP contribution >= 0.6 is 11.8 Å². The van der Waals surface area contributed by atoms with Crippen LogP contribution in [0, 0.1) is 5.82 Å². The number of hydrogen-bond donors (Lipinski definition) is 0. The van der Waals surface area contributed by atoms with E-state index in [1.165, 1.54) is 6.07 Å². The van der Waals surface area contributed by atoms with Gasteiger partial charge < -0.3 is 14.4 Å². The first kappa shape index (κ1) is 19.3. The summed E-state index contributed by atoms with van der Waals surface area (Å²) < 4.78 is 24.9. The largest absolute Gasteiger partial charge is 0.481 e. The number of rotatable bonds is 5. The second-order valence-electron chi connectivity index (χ2n) is 6.68. The van der Waals surface area contributed by atoms with Crippen LogP contribution in [-0.2, 0) is 0 Å². The standard InChI is InChI=1S/C23H17FN4O2S/c1-29-22-18(3-2-10-26-22)21-23(27-12-11-25-21)30-17-7-5-16(6-8-17)28-14-31-20-13-15(24)4-9-19(20)28/h2-13H,14H2,1H3. The van der Waals surface area contributed by atoms with Crippen LogP contribution in [0.5, 0.6) is 17.5 Å². The molecule has 5 rings (SSSR count). The van der Waals surface area contributed by atoms with Gasteiger partial charge in [-0.25, -0.2) is 19.3 Å². The highest BCUT2D eigenvalue weighted by Crippen LogP contribution is 2.43. The minimum absolute atomic E-state index is 0.220. The second-order valence-corrected chi connectivity index (χ2v) is 7.67. The third-order valence-corrected chi connectivity index (χ3v) is 5.83. The molecule has 0 saturated carbocycles. The van der Waals surface area contributed by atoms with E-state index < -0.39 is 0 Å². The smallest absolute Gasteiger partial charge is 0.246 e. The summed E-state index contributed by atoms with van der Waals surface area (Å²) in [6.07, 6.45) is 4.83. The van der Waals surface area contributed by atoms with Gasteiger partial charge in [-0.2, -0.15) is 0 Å². The number of pyridine rings is 1. The zero-order valence-corrected chi connectivity index (χ0v) is 17.3. The summed E-state index contributed by atoms with van der Waals surface area (Å²) in [7, 11) is 1.56. The van der Waals surface area contributed by atoms with Crippen LogP contribution in [0.4, 0.5) is 15.8 Å². The van der Waals surface area contributed by atoms with Crippen LogP contribution in [0.2, 0.25) is 0 Å². The van der Waals surface area contributed by atoms with E-state index >= 15 is 0 Å². The van der Waals surface area contributed by atoms with Crippen LogP contribution in [-0.4, -0.2) is 27.9 Å².